The first-order chi connectivity index (χ1) is 9.25. The second-order valence-electron chi connectivity index (χ2n) is 4.56. The van der Waals surface area contributed by atoms with Crippen molar-refractivity contribution in [3.05, 3.63) is 54.1 Å². The molecule has 0 radical (unpaired) electrons. The van der Waals surface area contributed by atoms with Gasteiger partial charge in [-0.3, -0.25) is 0 Å². The van der Waals surface area contributed by atoms with Crippen LogP contribution in [0.2, 0.25) is 0 Å². The molecule has 2 N–H and O–H groups in total. The Hall–Kier alpha value is -2.07. The average molecular weight is 269 g/mol. The summed E-state index contributed by atoms with van der Waals surface area (Å²) < 4.78 is 4.47. The molecule has 3 nitrogen and oxygen atoms in total. The zero-order chi connectivity index (χ0) is 13.2. The lowest BCUT2D eigenvalue weighted by molar-refractivity contribution is 0.941. The molecule has 0 amide bonds. The van der Waals surface area contributed by atoms with E-state index in [9.17, 15) is 0 Å². The lowest BCUT2D eigenvalue weighted by Crippen LogP contribution is -2.16. The molecule has 1 aromatic heterocycles. The van der Waals surface area contributed by atoms with Gasteiger partial charge in [0, 0.05) is 24.7 Å². The molecule has 0 fully saturated rings. The van der Waals surface area contributed by atoms with Crippen molar-refractivity contribution in [3.8, 4) is 0 Å². The Labute approximate surface area is 116 Å². The maximum atomic E-state index is 6.00. The van der Waals surface area contributed by atoms with E-state index < -0.39 is 0 Å². The van der Waals surface area contributed by atoms with Gasteiger partial charge in [0.05, 0.1) is 5.52 Å². The van der Waals surface area contributed by atoms with E-state index in [-0.39, 0.29) is 0 Å². The quantitative estimate of drug-likeness (QED) is 0.740. The summed E-state index contributed by atoms with van der Waals surface area (Å²) in [6.07, 6.45) is 0. The monoisotopic (exact) mass is 269 g/mol. The van der Waals surface area contributed by atoms with Crippen LogP contribution in [0.4, 0.5) is 10.7 Å². The van der Waals surface area contributed by atoms with Crippen LogP contribution in [0.25, 0.3) is 10.9 Å². The molecule has 0 saturated carbocycles. The summed E-state index contributed by atoms with van der Waals surface area (Å²) in [6.45, 7) is 0.791. The minimum atomic E-state index is 0.791. The first-order valence-corrected chi connectivity index (χ1v) is 6.92. The van der Waals surface area contributed by atoms with Crippen molar-refractivity contribution in [2.24, 2.45) is 0 Å². The van der Waals surface area contributed by atoms with Gasteiger partial charge in [-0.05, 0) is 35.3 Å². The molecule has 96 valence electrons. The smallest absolute Gasteiger partial charge is 0.120 e. The summed E-state index contributed by atoms with van der Waals surface area (Å²) >= 11 is 1.53. The van der Waals surface area contributed by atoms with E-state index in [0.29, 0.717) is 0 Å². The summed E-state index contributed by atoms with van der Waals surface area (Å²) in [7, 11) is 2.08. The van der Waals surface area contributed by atoms with Crippen LogP contribution in [0.1, 0.15) is 5.56 Å². The van der Waals surface area contributed by atoms with E-state index in [1.807, 2.05) is 36.4 Å². The molecule has 0 saturated heterocycles. The number of hydrogen-bond donors (Lipinski definition) is 1. The molecule has 4 heteroatoms. The van der Waals surface area contributed by atoms with Crippen LogP contribution in [-0.2, 0) is 6.54 Å². The fourth-order valence-electron chi connectivity index (χ4n) is 2.16. The third-order valence-electron chi connectivity index (χ3n) is 3.17. The lowest BCUT2D eigenvalue weighted by atomic mass is 10.1. The predicted octanol–water partition coefficient (Wildman–Crippen LogP) is 3.51. The number of para-hydroxylation sites is 1. The highest BCUT2D eigenvalue weighted by molar-refractivity contribution is 7.11. The third kappa shape index (κ3) is 2.27. The number of nitrogens with zero attached hydrogens (tertiary/aromatic N) is 2. The van der Waals surface area contributed by atoms with Crippen molar-refractivity contribution in [3.63, 3.8) is 0 Å². The highest BCUT2D eigenvalue weighted by Crippen LogP contribution is 2.31. The Morgan fingerprint density at radius 2 is 1.84 bits per heavy atom. The molecular weight excluding hydrogens is 254 g/mol. The highest BCUT2D eigenvalue weighted by atomic mass is 32.1. The normalized spacial score (nSPS) is 10.8. The Bertz CT molecular complexity index is 705. The fourth-order valence-corrected chi connectivity index (χ4v) is 2.98. The van der Waals surface area contributed by atoms with E-state index in [4.69, 9.17) is 5.73 Å². The number of rotatable bonds is 3. The van der Waals surface area contributed by atoms with Gasteiger partial charge in [-0.15, -0.1) is 0 Å². The van der Waals surface area contributed by atoms with Gasteiger partial charge >= 0.3 is 0 Å². The number of benzene rings is 2. The summed E-state index contributed by atoms with van der Waals surface area (Å²) in [5, 5.41) is 2.38. The molecular formula is C15H15N3S. The molecule has 0 unspecified atom stereocenters. The van der Waals surface area contributed by atoms with E-state index in [1.54, 1.807) is 0 Å². The van der Waals surface area contributed by atoms with Crippen molar-refractivity contribution in [2.45, 2.75) is 6.54 Å². The number of anilines is 2. The molecule has 0 aliphatic rings. The van der Waals surface area contributed by atoms with Crippen LogP contribution in [0, 0.1) is 0 Å². The molecule has 3 rings (SSSR count). The lowest BCUT2D eigenvalue weighted by Gasteiger charge is -2.18. The van der Waals surface area contributed by atoms with E-state index in [0.717, 1.165) is 23.3 Å². The van der Waals surface area contributed by atoms with Crippen molar-refractivity contribution in [1.82, 2.24) is 4.37 Å². The number of nitrogen functional groups attached to an aromatic ring is 1. The van der Waals surface area contributed by atoms with E-state index in [1.165, 1.54) is 21.9 Å². The van der Waals surface area contributed by atoms with Gasteiger partial charge in [0.15, 0.2) is 0 Å². The second kappa shape index (κ2) is 4.90. The third-order valence-corrected chi connectivity index (χ3v) is 4.17. The van der Waals surface area contributed by atoms with Crippen LogP contribution in [0.5, 0.6) is 0 Å². The molecule has 3 aromatic rings. The largest absolute Gasteiger partial charge is 0.398 e. The van der Waals surface area contributed by atoms with Crippen LogP contribution in [0.3, 0.4) is 0 Å². The van der Waals surface area contributed by atoms with Gasteiger partial charge in [0.1, 0.15) is 5.00 Å². The Morgan fingerprint density at radius 3 is 2.68 bits per heavy atom. The number of nitrogens with two attached hydrogens (primary N) is 1. The number of fused-ring (bicyclic) bond motifs is 1. The summed E-state index contributed by atoms with van der Waals surface area (Å²) in [6, 6.07) is 16.2. The molecule has 19 heavy (non-hydrogen) atoms. The van der Waals surface area contributed by atoms with Crippen LogP contribution in [0.15, 0.2) is 48.5 Å². The highest BCUT2D eigenvalue weighted by Gasteiger charge is 2.11. The molecule has 0 aliphatic heterocycles. The van der Waals surface area contributed by atoms with E-state index >= 15 is 0 Å². The average Bonchev–Trinajstić information content (AvgIpc) is 2.85. The standard InChI is InChI=1S/C15H15N3S/c1-18(10-11-6-2-4-8-13(11)16)15-12-7-3-5-9-14(12)17-19-15/h2-9H,10,16H2,1H3. The summed E-state index contributed by atoms with van der Waals surface area (Å²) in [4.78, 5) is 2.20. The first-order valence-electron chi connectivity index (χ1n) is 6.14. The zero-order valence-corrected chi connectivity index (χ0v) is 11.5. The molecule has 2 aromatic carbocycles. The van der Waals surface area contributed by atoms with Crippen molar-refractivity contribution in [2.75, 3.05) is 17.7 Å². The first kappa shape index (κ1) is 12.0. The summed E-state index contributed by atoms with van der Waals surface area (Å²) in [5.41, 5.74) is 9.02. The molecule has 0 aliphatic carbocycles. The van der Waals surface area contributed by atoms with Gasteiger partial charge in [-0.25, -0.2) is 0 Å². The molecule has 0 bridgehead atoms. The van der Waals surface area contributed by atoms with Crippen molar-refractivity contribution in [1.29, 1.82) is 0 Å². The Kier molecular flexibility index (Phi) is 3.09. The van der Waals surface area contributed by atoms with Gasteiger partial charge < -0.3 is 10.6 Å². The van der Waals surface area contributed by atoms with Crippen molar-refractivity contribution < 1.29 is 0 Å². The second-order valence-corrected chi connectivity index (χ2v) is 5.31. The minimum absolute atomic E-state index is 0.791. The van der Waals surface area contributed by atoms with Crippen LogP contribution >= 0.6 is 11.5 Å². The molecule has 1 heterocycles. The molecule has 0 spiro atoms. The maximum Gasteiger partial charge on any atom is 0.120 e. The number of aromatic nitrogens is 1. The van der Waals surface area contributed by atoms with Gasteiger partial charge in [-0.2, -0.15) is 4.37 Å². The van der Waals surface area contributed by atoms with Gasteiger partial charge in [0.25, 0.3) is 0 Å². The minimum Gasteiger partial charge on any atom is -0.398 e. The summed E-state index contributed by atoms with van der Waals surface area (Å²) in [5.74, 6) is 0. The van der Waals surface area contributed by atoms with Gasteiger partial charge in [-0.1, -0.05) is 30.3 Å². The zero-order valence-electron chi connectivity index (χ0n) is 10.7. The maximum absolute atomic E-state index is 6.00. The van der Waals surface area contributed by atoms with Crippen LogP contribution in [-0.4, -0.2) is 11.4 Å². The SMILES string of the molecule is CN(Cc1ccccc1N)c1snc2ccccc12. The molecule has 0 atom stereocenters. The van der Waals surface area contributed by atoms with E-state index in [2.05, 4.69) is 28.5 Å². The number of hydrogen-bond acceptors (Lipinski definition) is 4. The fraction of sp³-hybridized carbons (Fsp3) is 0.133. The van der Waals surface area contributed by atoms with Crippen LogP contribution < -0.4 is 10.6 Å². The Balaban J connectivity index is 1.92. The van der Waals surface area contributed by atoms with Gasteiger partial charge in [0.2, 0.25) is 0 Å². The van der Waals surface area contributed by atoms with Crippen molar-refractivity contribution >= 4 is 33.1 Å². The Morgan fingerprint density at radius 1 is 1.11 bits per heavy atom. The predicted molar refractivity (Wildman–Crippen MR) is 82.6 cm³/mol. The topological polar surface area (TPSA) is 42.1 Å².